The fourth-order valence-corrected chi connectivity index (χ4v) is 3.67. The van der Waals surface area contributed by atoms with Crippen LogP contribution in [0.25, 0.3) is 0 Å². The number of aromatic nitrogens is 2. The number of carbonyl (C=O) groups is 1. The van der Waals surface area contributed by atoms with E-state index in [1.165, 1.54) is 12.8 Å². The minimum Gasteiger partial charge on any atom is -0.324 e. The van der Waals surface area contributed by atoms with Crippen molar-refractivity contribution in [3.63, 3.8) is 0 Å². The first-order valence-corrected chi connectivity index (χ1v) is 8.84. The average Bonchev–Trinajstić information content (AvgIpc) is 3.19. The number of anilines is 1. The number of halogens is 1. The molecule has 0 radical (unpaired) electrons. The lowest BCUT2D eigenvalue weighted by Crippen LogP contribution is -2.33. The van der Waals surface area contributed by atoms with E-state index >= 15 is 0 Å². The molecular formula is C18H21ClN4O. The average molecular weight is 345 g/mol. The Labute approximate surface area is 146 Å². The zero-order chi connectivity index (χ0) is 16.7. The van der Waals surface area contributed by atoms with Gasteiger partial charge in [0.2, 0.25) is 0 Å². The predicted octanol–water partition coefficient (Wildman–Crippen LogP) is 3.97. The lowest BCUT2D eigenvalue weighted by Gasteiger charge is -2.18. The third kappa shape index (κ3) is 3.00. The summed E-state index contributed by atoms with van der Waals surface area (Å²) in [5.74, 6) is 1.65. The van der Waals surface area contributed by atoms with E-state index in [4.69, 9.17) is 11.6 Å². The van der Waals surface area contributed by atoms with Gasteiger partial charge in [-0.3, -0.25) is 10.00 Å². The normalized spacial score (nSPS) is 20.4. The molecule has 5 nitrogen and oxygen atoms in total. The highest BCUT2D eigenvalue weighted by Gasteiger charge is 2.30. The van der Waals surface area contributed by atoms with Gasteiger partial charge in [0.05, 0.1) is 5.69 Å². The first kappa shape index (κ1) is 15.5. The second-order valence-electron chi connectivity index (χ2n) is 6.74. The Hall–Kier alpha value is -2.01. The number of nitrogens with zero attached hydrogens (tertiary/aromatic N) is 3. The standard InChI is InChI=1S/C18H21ClN4O/c1-22-17(10-16(21-22)12-6-7-12)20-18(24)23-9-8-13(11-23)14-4-2-3-5-15(14)19/h2-5,10,12-13H,6-9,11H2,1H3,(H,20,24)/t13-/m1/s1. The van der Waals surface area contributed by atoms with Gasteiger partial charge in [-0.25, -0.2) is 4.79 Å². The minimum absolute atomic E-state index is 0.0603. The van der Waals surface area contributed by atoms with E-state index in [9.17, 15) is 4.79 Å². The van der Waals surface area contributed by atoms with Crippen LogP contribution in [0.3, 0.4) is 0 Å². The Morgan fingerprint density at radius 2 is 2.04 bits per heavy atom. The van der Waals surface area contributed by atoms with Gasteiger partial charge in [0, 0.05) is 43.1 Å². The van der Waals surface area contributed by atoms with Crippen molar-refractivity contribution in [2.45, 2.75) is 31.1 Å². The smallest absolute Gasteiger partial charge is 0.323 e. The zero-order valence-electron chi connectivity index (χ0n) is 13.7. The van der Waals surface area contributed by atoms with Gasteiger partial charge >= 0.3 is 6.03 Å². The van der Waals surface area contributed by atoms with Crippen LogP contribution in [-0.4, -0.2) is 33.8 Å². The first-order chi connectivity index (χ1) is 11.6. The Morgan fingerprint density at radius 3 is 2.79 bits per heavy atom. The molecule has 1 aromatic carbocycles. The van der Waals surface area contributed by atoms with Crippen LogP contribution in [0.5, 0.6) is 0 Å². The van der Waals surface area contributed by atoms with Gasteiger partial charge in [-0.1, -0.05) is 29.8 Å². The van der Waals surface area contributed by atoms with E-state index in [1.807, 2.05) is 36.2 Å². The molecule has 1 aliphatic carbocycles. The molecule has 0 bridgehead atoms. The number of aryl methyl sites for hydroxylation is 1. The summed E-state index contributed by atoms with van der Waals surface area (Å²) < 4.78 is 1.76. The lowest BCUT2D eigenvalue weighted by atomic mass is 9.98. The van der Waals surface area contributed by atoms with Crippen molar-refractivity contribution in [2.75, 3.05) is 18.4 Å². The SMILES string of the molecule is Cn1nc(C2CC2)cc1NC(=O)N1CC[C@@H](c2ccccc2Cl)C1. The van der Waals surface area contributed by atoms with Crippen LogP contribution in [-0.2, 0) is 7.05 Å². The van der Waals surface area contributed by atoms with Crippen LogP contribution in [0.1, 0.15) is 42.4 Å². The molecule has 4 rings (SSSR count). The summed E-state index contributed by atoms with van der Waals surface area (Å²) in [6.07, 6.45) is 3.35. The minimum atomic E-state index is -0.0603. The van der Waals surface area contributed by atoms with Gasteiger partial charge in [0.1, 0.15) is 5.82 Å². The number of benzene rings is 1. The zero-order valence-corrected chi connectivity index (χ0v) is 14.5. The van der Waals surface area contributed by atoms with Crippen molar-refractivity contribution in [1.29, 1.82) is 0 Å². The number of hydrogen-bond donors (Lipinski definition) is 1. The highest BCUT2D eigenvalue weighted by molar-refractivity contribution is 6.31. The molecule has 24 heavy (non-hydrogen) atoms. The Balaban J connectivity index is 1.41. The highest BCUT2D eigenvalue weighted by atomic mass is 35.5. The van der Waals surface area contributed by atoms with Crippen molar-refractivity contribution in [1.82, 2.24) is 14.7 Å². The van der Waals surface area contributed by atoms with E-state index in [2.05, 4.69) is 16.5 Å². The molecule has 2 fully saturated rings. The summed E-state index contributed by atoms with van der Waals surface area (Å²) in [6, 6.07) is 9.84. The fourth-order valence-electron chi connectivity index (χ4n) is 3.38. The molecule has 0 spiro atoms. The summed E-state index contributed by atoms with van der Waals surface area (Å²) >= 11 is 6.29. The van der Waals surface area contributed by atoms with Crippen LogP contribution in [0, 0.1) is 0 Å². The van der Waals surface area contributed by atoms with Crippen LogP contribution in [0.2, 0.25) is 5.02 Å². The third-order valence-corrected chi connectivity index (χ3v) is 5.29. The highest BCUT2D eigenvalue weighted by Crippen LogP contribution is 2.40. The maximum Gasteiger partial charge on any atom is 0.323 e. The molecule has 1 atom stereocenters. The second kappa shape index (κ2) is 6.13. The first-order valence-electron chi connectivity index (χ1n) is 8.46. The maximum absolute atomic E-state index is 12.6. The van der Waals surface area contributed by atoms with Gasteiger partial charge in [-0.15, -0.1) is 0 Å². The number of amides is 2. The molecule has 1 aliphatic heterocycles. The van der Waals surface area contributed by atoms with E-state index < -0.39 is 0 Å². The number of hydrogen-bond acceptors (Lipinski definition) is 2. The molecule has 0 unspecified atom stereocenters. The topological polar surface area (TPSA) is 50.2 Å². The molecule has 126 valence electrons. The Kier molecular flexibility index (Phi) is 3.96. The van der Waals surface area contributed by atoms with Gasteiger partial charge in [-0.2, -0.15) is 5.10 Å². The third-order valence-electron chi connectivity index (χ3n) is 4.95. The number of rotatable bonds is 3. The molecule has 2 amide bonds. The monoisotopic (exact) mass is 344 g/mol. The molecular weight excluding hydrogens is 324 g/mol. The van der Waals surface area contributed by atoms with Crippen molar-refractivity contribution in [2.24, 2.45) is 7.05 Å². The summed E-state index contributed by atoms with van der Waals surface area (Å²) in [4.78, 5) is 14.4. The molecule has 1 N–H and O–H groups in total. The Bertz CT molecular complexity index is 768. The fraction of sp³-hybridized carbons (Fsp3) is 0.444. The van der Waals surface area contributed by atoms with Crippen LogP contribution < -0.4 is 5.32 Å². The van der Waals surface area contributed by atoms with Gasteiger partial charge < -0.3 is 4.90 Å². The summed E-state index contributed by atoms with van der Waals surface area (Å²) in [5.41, 5.74) is 2.22. The maximum atomic E-state index is 12.6. The number of likely N-dealkylation sites (tertiary alicyclic amines) is 1. The van der Waals surface area contributed by atoms with Crippen LogP contribution >= 0.6 is 11.6 Å². The van der Waals surface area contributed by atoms with Crippen LogP contribution in [0.4, 0.5) is 10.6 Å². The molecule has 2 aromatic rings. The number of nitrogens with one attached hydrogen (secondary N) is 1. The van der Waals surface area contributed by atoms with Crippen molar-refractivity contribution in [3.8, 4) is 0 Å². The Morgan fingerprint density at radius 1 is 1.25 bits per heavy atom. The molecule has 1 saturated heterocycles. The molecule has 6 heteroatoms. The van der Waals surface area contributed by atoms with Crippen molar-refractivity contribution < 1.29 is 4.79 Å². The number of carbonyl (C=O) groups excluding carboxylic acids is 1. The molecule has 2 aliphatic rings. The van der Waals surface area contributed by atoms with E-state index in [-0.39, 0.29) is 6.03 Å². The summed E-state index contributed by atoms with van der Waals surface area (Å²) in [7, 11) is 1.87. The molecule has 2 heterocycles. The van der Waals surface area contributed by atoms with E-state index in [0.717, 1.165) is 35.1 Å². The quantitative estimate of drug-likeness (QED) is 0.915. The largest absolute Gasteiger partial charge is 0.324 e. The van der Waals surface area contributed by atoms with E-state index in [1.54, 1.807) is 4.68 Å². The second-order valence-corrected chi connectivity index (χ2v) is 7.14. The van der Waals surface area contributed by atoms with Crippen molar-refractivity contribution >= 4 is 23.4 Å². The summed E-state index contributed by atoms with van der Waals surface area (Å²) in [5, 5.41) is 8.27. The number of urea groups is 1. The molecule has 1 saturated carbocycles. The predicted molar refractivity (Wildman–Crippen MR) is 94.6 cm³/mol. The summed E-state index contributed by atoms with van der Waals surface area (Å²) in [6.45, 7) is 1.44. The van der Waals surface area contributed by atoms with E-state index in [0.29, 0.717) is 18.4 Å². The van der Waals surface area contributed by atoms with Crippen LogP contribution in [0.15, 0.2) is 30.3 Å². The van der Waals surface area contributed by atoms with Crippen molar-refractivity contribution in [3.05, 3.63) is 46.6 Å². The molecule has 1 aromatic heterocycles. The van der Waals surface area contributed by atoms with Gasteiger partial charge in [0.15, 0.2) is 0 Å². The van der Waals surface area contributed by atoms with Gasteiger partial charge in [-0.05, 0) is 30.9 Å². The van der Waals surface area contributed by atoms with Gasteiger partial charge in [0.25, 0.3) is 0 Å². The lowest BCUT2D eigenvalue weighted by molar-refractivity contribution is 0.222.